The number of carboxylic acid groups (broad SMARTS) is 1. The summed E-state index contributed by atoms with van der Waals surface area (Å²) >= 11 is 8.33. The number of benzene rings is 2. The van der Waals surface area contributed by atoms with Crippen LogP contribution in [0.3, 0.4) is 0 Å². The van der Waals surface area contributed by atoms with Gasteiger partial charge in [-0.15, -0.1) is 0 Å². The summed E-state index contributed by atoms with van der Waals surface area (Å²) in [6.07, 6.45) is 0.264. The van der Waals surface area contributed by atoms with Crippen molar-refractivity contribution in [1.82, 2.24) is 16.0 Å². The Morgan fingerprint density at radius 2 is 1.44 bits per heavy atom. The van der Waals surface area contributed by atoms with E-state index in [9.17, 15) is 29.4 Å². The molecular weight excluding hydrogens is 540 g/mol. The number of hydrogen-bond acceptors (Lipinski definition) is 8. The third-order valence-corrected chi connectivity index (χ3v) is 6.88. The van der Waals surface area contributed by atoms with Gasteiger partial charge in [-0.25, -0.2) is 4.79 Å². The van der Waals surface area contributed by atoms with Crippen LogP contribution in [0.15, 0.2) is 42.5 Å². The topological polar surface area (TPSA) is 171 Å². The second-order valence-electron chi connectivity index (χ2n) is 9.43. The minimum atomic E-state index is -1.28. The first kappa shape index (κ1) is 32.0. The van der Waals surface area contributed by atoms with Crippen LogP contribution < -0.4 is 21.7 Å². The molecule has 12 heteroatoms. The molecule has 212 valence electrons. The van der Waals surface area contributed by atoms with Crippen LogP contribution in [0.25, 0.3) is 0 Å². The van der Waals surface area contributed by atoms with Crippen LogP contribution >= 0.6 is 25.3 Å². The summed E-state index contributed by atoms with van der Waals surface area (Å²) < 4.78 is 0. The maximum Gasteiger partial charge on any atom is 0.327 e. The number of nitrogens with two attached hydrogens (primary N) is 1. The summed E-state index contributed by atoms with van der Waals surface area (Å²) in [5, 5.41) is 26.1. The van der Waals surface area contributed by atoms with Crippen LogP contribution in [0, 0.1) is 13.8 Å². The number of carbonyl (C=O) groups is 4. The molecule has 0 radical (unpaired) electrons. The highest BCUT2D eigenvalue weighted by Gasteiger charge is 2.31. The van der Waals surface area contributed by atoms with Crippen molar-refractivity contribution in [2.75, 3.05) is 5.75 Å². The van der Waals surface area contributed by atoms with E-state index in [1.807, 2.05) is 0 Å². The van der Waals surface area contributed by atoms with Crippen molar-refractivity contribution >= 4 is 48.9 Å². The molecule has 2 aromatic rings. The summed E-state index contributed by atoms with van der Waals surface area (Å²) in [5.74, 6) is -3.19. The maximum atomic E-state index is 13.1. The van der Waals surface area contributed by atoms with Gasteiger partial charge in [-0.1, -0.05) is 37.3 Å². The number of carboxylic acids is 1. The first-order valence-electron chi connectivity index (χ1n) is 12.4. The van der Waals surface area contributed by atoms with Gasteiger partial charge in [0.2, 0.25) is 17.7 Å². The molecular formula is C27H36N4O6S2. The summed E-state index contributed by atoms with van der Waals surface area (Å²) in [6.45, 7) is 5.14. The Kier molecular flexibility index (Phi) is 12.1. The highest BCUT2D eigenvalue weighted by Crippen LogP contribution is 2.21. The van der Waals surface area contributed by atoms with Crippen LogP contribution in [0.5, 0.6) is 5.75 Å². The Labute approximate surface area is 238 Å². The van der Waals surface area contributed by atoms with E-state index in [-0.39, 0.29) is 24.3 Å². The Morgan fingerprint density at radius 1 is 0.897 bits per heavy atom. The van der Waals surface area contributed by atoms with Crippen molar-refractivity contribution < 1.29 is 29.4 Å². The molecule has 0 saturated carbocycles. The van der Waals surface area contributed by atoms with Crippen LogP contribution in [0.2, 0.25) is 0 Å². The third-order valence-electron chi connectivity index (χ3n) is 6.22. The molecule has 0 heterocycles. The van der Waals surface area contributed by atoms with E-state index in [2.05, 4.69) is 41.2 Å². The van der Waals surface area contributed by atoms with E-state index < -0.39 is 53.1 Å². The first-order valence-corrected chi connectivity index (χ1v) is 13.5. The number of hydrogen-bond donors (Lipinski definition) is 8. The summed E-state index contributed by atoms with van der Waals surface area (Å²) in [4.78, 5) is 50.6. The summed E-state index contributed by atoms with van der Waals surface area (Å²) in [5.41, 5.74) is 9.24. The number of aryl methyl sites for hydroxylation is 2. The lowest BCUT2D eigenvalue weighted by Gasteiger charge is -2.25. The maximum absolute atomic E-state index is 13.1. The van der Waals surface area contributed by atoms with Gasteiger partial charge in [-0.2, -0.15) is 25.3 Å². The van der Waals surface area contributed by atoms with Gasteiger partial charge < -0.3 is 31.9 Å². The zero-order valence-corrected chi connectivity index (χ0v) is 23.8. The number of carbonyl (C=O) groups excluding carboxylic acids is 3. The highest BCUT2D eigenvalue weighted by molar-refractivity contribution is 7.81. The van der Waals surface area contributed by atoms with Gasteiger partial charge in [0.25, 0.3) is 0 Å². The number of aromatic hydroxyl groups is 1. The number of thiol groups is 2. The molecule has 0 aromatic heterocycles. The van der Waals surface area contributed by atoms with Gasteiger partial charge in [0.1, 0.15) is 23.9 Å². The Bertz CT molecular complexity index is 1160. The van der Waals surface area contributed by atoms with Gasteiger partial charge in [0.15, 0.2) is 0 Å². The third kappa shape index (κ3) is 9.48. The predicted octanol–water partition coefficient (Wildman–Crippen LogP) is 0.909. The van der Waals surface area contributed by atoms with E-state index >= 15 is 0 Å². The number of nitrogens with one attached hydrogen (secondary N) is 3. The fraction of sp³-hybridized carbons (Fsp3) is 0.407. The van der Waals surface area contributed by atoms with Crippen LogP contribution in [0.4, 0.5) is 0 Å². The molecule has 2 aromatic carbocycles. The molecule has 0 aliphatic rings. The van der Waals surface area contributed by atoms with Gasteiger partial charge in [-0.3, -0.25) is 14.4 Å². The van der Waals surface area contributed by atoms with Gasteiger partial charge in [0.05, 0.1) is 6.04 Å². The van der Waals surface area contributed by atoms with Crippen LogP contribution in [-0.4, -0.2) is 69.1 Å². The second-order valence-corrected chi connectivity index (χ2v) is 10.6. The highest BCUT2D eigenvalue weighted by atomic mass is 32.1. The van der Waals surface area contributed by atoms with E-state index in [4.69, 9.17) is 5.73 Å². The molecule has 2 unspecified atom stereocenters. The zero-order chi connectivity index (χ0) is 29.3. The van der Waals surface area contributed by atoms with Crippen LogP contribution in [0.1, 0.15) is 29.2 Å². The molecule has 0 saturated heterocycles. The molecule has 0 fully saturated rings. The molecule has 10 nitrogen and oxygen atoms in total. The lowest BCUT2D eigenvalue weighted by molar-refractivity contribution is -0.142. The molecule has 0 aliphatic heterocycles. The summed E-state index contributed by atoms with van der Waals surface area (Å²) in [7, 11) is 0. The second kappa shape index (κ2) is 14.8. The molecule has 3 amide bonds. The SMILES string of the molecule is Cc1cc(O)cc(C)c1C[C@H](N)C(=O)N[C@H](CS)C(=O)N[C@@H](Cc1ccccc1)C(=O)NC(C(=O)O)C(C)S. The van der Waals surface area contributed by atoms with Crippen molar-refractivity contribution in [2.45, 2.75) is 63.0 Å². The predicted molar refractivity (Wildman–Crippen MR) is 155 cm³/mol. The summed E-state index contributed by atoms with van der Waals surface area (Å²) in [6, 6.07) is 7.55. The fourth-order valence-corrected chi connectivity index (χ4v) is 4.51. The average Bonchev–Trinajstić information content (AvgIpc) is 2.87. The smallest absolute Gasteiger partial charge is 0.327 e. The van der Waals surface area contributed by atoms with Crippen molar-refractivity contribution in [3.05, 3.63) is 64.7 Å². The lowest BCUT2D eigenvalue weighted by atomic mass is 9.96. The molecule has 0 aliphatic carbocycles. The van der Waals surface area contributed by atoms with E-state index in [1.54, 1.807) is 56.3 Å². The van der Waals surface area contributed by atoms with Gasteiger partial charge in [-0.05, 0) is 54.7 Å². The number of rotatable bonds is 13. The monoisotopic (exact) mass is 576 g/mol. The van der Waals surface area contributed by atoms with Crippen molar-refractivity contribution in [2.24, 2.45) is 5.73 Å². The number of phenols is 1. The molecule has 5 atom stereocenters. The van der Waals surface area contributed by atoms with Gasteiger partial charge in [0, 0.05) is 17.4 Å². The van der Waals surface area contributed by atoms with E-state index in [0.29, 0.717) is 0 Å². The zero-order valence-electron chi connectivity index (χ0n) is 22.0. The minimum Gasteiger partial charge on any atom is -0.508 e. The van der Waals surface area contributed by atoms with Crippen molar-refractivity contribution in [3.63, 3.8) is 0 Å². The molecule has 2 rings (SSSR count). The average molecular weight is 577 g/mol. The van der Waals surface area contributed by atoms with E-state index in [1.165, 1.54) is 6.92 Å². The van der Waals surface area contributed by atoms with Crippen LogP contribution in [-0.2, 0) is 32.0 Å². The molecule has 7 N–H and O–H groups in total. The lowest BCUT2D eigenvalue weighted by Crippen LogP contribution is -2.59. The number of aliphatic carboxylic acids is 1. The Hall–Kier alpha value is -3.22. The molecule has 0 spiro atoms. The Morgan fingerprint density at radius 3 is 1.95 bits per heavy atom. The fourth-order valence-electron chi connectivity index (χ4n) is 4.05. The molecule has 0 bridgehead atoms. The quantitative estimate of drug-likeness (QED) is 0.164. The van der Waals surface area contributed by atoms with Crippen molar-refractivity contribution in [1.29, 1.82) is 0 Å². The van der Waals surface area contributed by atoms with Gasteiger partial charge >= 0.3 is 5.97 Å². The first-order chi connectivity index (χ1) is 18.3. The number of phenolic OH excluding ortho intramolecular Hbond substituents is 1. The van der Waals surface area contributed by atoms with Crippen molar-refractivity contribution in [3.8, 4) is 5.75 Å². The standard InChI is InChI=1S/C27H36N4O6S2/c1-14-9-18(32)10-15(2)19(14)12-20(28)24(33)30-22(13-38)26(35)29-21(11-17-7-5-4-6-8-17)25(34)31-23(16(3)39)27(36)37/h4-10,16,20-23,32,38-39H,11-13,28H2,1-3H3,(H,29,35)(H,30,33)(H,31,34)(H,36,37)/t16?,20-,21-,22+,23?/m0/s1. The molecule has 39 heavy (non-hydrogen) atoms. The normalized spacial score (nSPS) is 14.8. The number of amides is 3. The largest absolute Gasteiger partial charge is 0.508 e. The Balaban J connectivity index is 2.15. The van der Waals surface area contributed by atoms with E-state index in [0.717, 1.165) is 22.3 Å². The minimum absolute atomic E-state index is 0.0767.